The lowest BCUT2D eigenvalue weighted by Gasteiger charge is -2.62. The van der Waals surface area contributed by atoms with Gasteiger partial charge in [-0.1, -0.05) is 77.2 Å². The standard InChI is InChI=1S/C28H44F2N2S/c1-20-13-28(21-9-7-6-8-10-21)15-22(27(20,5)16-24(29)30)14-26(4,17-28)12-11-23(31)25(2,3)18-32-19-33/h6-10,19-20,22-24H,11-18,31H2,1-5H3,(H,32,33). The number of thiocarbonyl (C=S) groups is 1. The Hall–Kier alpha value is -1.07. The summed E-state index contributed by atoms with van der Waals surface area (Å²) in [4.78, 5) is 0. The Kier molecular flexibility index (Phi) is 7.95. The van der Waals surface area contributed by atoms with E-state index in [0.29, 0.717) is 5.92 Å². The van der Waals surface area contributed by atoms with E-state index in [9.17, 15) is 8.78 Å². The third-order valence-electron chi connectivity index (χ3n) is 9.58. The molecule has 0 spiro atoms. The van der Waals surface area contributed by atoms with Crippen LogP contribution in [-0.4, -0.2) is 24.5 Å². The highest BCUT2D eigenvalue weighted by molar-refractivity contribution is 7.78. The Labute approximate surface area is 205 Å². The molecule has 6 atom stereocenters. The highest BCUT2D eigenvalue weighted by Crippen LogP contribution is 2.65. The Balaban J connectivity index is 1.88. The second-order valence-electron chi connectivity index (χ2n) is 12.6. The smallest absolute Gasteiger partial charge is 0.239 e. The SMILES string of the molecule is CC1CC2(c3ccccc3)CC(CC(C)(CCC(N)C(C)(C)CNC=S)C2)C1(C)CC(F)F. The third kappa shape index (κ3) is 5.61. The van der Waals surface area contributed by atoms with Crippen molar-refractivity contribution >= 4 is 17.7 Å². The lowest BCUT2D eigenvalue weighted by molar-refractivity contribution is -0.101. The lowest BCUT2D eigenvalue weighted by atomic mass is 9.43. The molecule has 0 radical (unpaired) electrons. The van der Waals surface area contributed by atoms with E-state index >= 15 is 0 Å². The summed E-state index contributed by atoms with van der Waals surface area (Å²) in [7, 11) is 0. The highest BCUT2D eigenvalue weighted by atomic mass is 32.1. The fraction of sp³-hybridized carbons (Fsp3) is 0.750. The molecule has 1 aromatic rings. The molecule has 2 saturated carbocycles. The van der Waals surface area contributed by atoms with Crippen LogP contribution in [0.2, 0.25) is 0 Å². The van der Waals surface area contributed by atoms with Crippen molar-refractivity contribution in [2.24, 2.45) is 33.8 Å². The first kappa shape index (κ1) is 26.5. The largest absolute Gasteiger partial charge is 0.382 e. The molecule has 1 aromatic carbocycles. The normalized spacial score (nSPS) is 35.3. The number of nitrogens with one attached hydrogen (secondary N) is 1. The summed E-state index contributed by atoms with van der Waals surface area (Å²) in [5.74, 6) is 0.576. The van der Waals surface area contributed by atoms with Crippen LogP contribution in [0.1, 0.15) is 85.1 Å². The topological polar surface area (TPSA) is 38.0 Å². The predicted molar refractivity (Wildman–Crippen MR) is 139 cm³/mol. The van der Waals surface area contributed by atoms with Gasteiger partial charge in [-0.2, -0.15) is 0 Å². The van der Waals surface area contributed by atoms with E-state index in [1.807, 2.05) is 0 Å². The molecule has 0 heterocycles. The minimum atomic E-state index is -2.25. The number of hydrogen-bond donors (Lipinski definition) is 2. The van der Waals surface area contributed by atoms with Gasteiger partial charge in [0.05, 0.1) is 5.49 Å². The summed E-state index contributed by atoms with van der Waals surface area (Å²) in [6, 6.07) is 10.9. The predicted octanol–water partition coefficient (Wildman–Crippen LogP) is 7.11. The maximum absolute atomic E-state index is 13.7. The van der Waals surface area contributed by atoms with Crippen LogP contribution in [0.3, 0.4) is 0 Å². The quantitative estimate of drug-likeness (QED) is 0.352. The monoisotopic (exact) mass is 478 g/mol. The average Bonchev–Trinajstić information content (AvgIpc) is 2.75. The average molecular weight is 479 g/mol. The van der Waals surface area contributed by atoms with Gasteiger partial charge in [-0.25, -0.2) is 8.78 Å². The number of rotatable bonds is 10. The van der Waals surface area contributed by atoms with Crippen molar-refractivity contribution < 1.29 is 8.78 Å². The molecule has 6 unspecified atom stereocenters. The highest BCUT2D eigenvalue weighted by Gasteiger charge is 2.58. The van der Waals surface area contributed by atoms with Crippen LogP contribution in [0.25, 0.3) is 0 Å². The first-order chi connectivity index (χ1) is 15.4. The number of fused-ring (bicyclic) bond motifs is 2. The molecular weight excluding hydrogens is 434 g/mol. The fourth-order valence-corrected chi connectivity index (χ4v) is 7.38. The summed E-state index contributed by atoms with van der Waals surface area (Å²) in [6.45, 7) is 11.9. The molecule has 33 heavy (non-hydrogen) atoms. The third-order valence-corrected chi connectivity index (χ3v) is 9.75. The van der Waals surface area contributed by atoms with Gasteiger partial charge in [-0.05, 0) is 77.6 Å². The minimum absolute atomic E-state index is 0.00950. The van der Waals surface area contributed by atoms with Gasteiger partial charge < -0.3 is 11.1 Å². The molecule has 2 aliphatic rings. The number of halogens is 2. The van der Waals surface area contributed by atoms with E-state index in [2.05, 4.69) is 70.3 Å². The van der Waals surface area contributed by atoms with E-state index in [1.54, 1.807) is 5.49 Å². The van der Waals surface area contributed by atoms with Crippen molar-refractivity contribution in [1.29, 1.82) is 0 Å². The van der Waals surface area contributed by atoms with Crippen molar-refractivity contribution in [3.8, 4) is 0 Å². The molecule has 3 N–H and O–H groups in total. The lowest BCUT2D eigenvalue weighted by Crippen LogP contribution is -2.55. The molecule has 5 heteroatoms. The molecule has 0 saturated heterocycles. The zero-order valence-corrected chi connectivity index (χ0v) is 22.0. The molecule has 0 amide bonds. The molecular formula is C28H44F2N2S. The van der Waals surface area contributed by atoms with Gasteiger partial charge in [-0.15, -0.1) is 0 Å². The zero-order valence-electron chi connectivity index (χ0n) is 21.2. The van der Waals surface area contributed by atoms with Gasteiger partial charge in [0.2, 0.25) is 6.43 Å². The van der Waals surface area contributed by atoms with Crippen molar-refractivity contribution in [3.05, 3.63) is 35.9 Å². The van der Waals surface area contributed by atoms with Crippen molar-refractivity contribution in [3.63, 3.8) is 0 Å². The van der Waals surface area contributed by atoms with Crippen LogP contribution in [0, 0.1) is 28.1 Å². The van der Waals surface area contributed by atoms with E-state index in [0.717, 1.165) is 45.1 Å². The summed E-state index contributed by atoms with van der Waals surface area (Å²) < 4.78 is 27.5. The molecule has 2 fully saturated rings. The summed E-state index contributed by atoms with van der Waals surface area (Å²) in [5, 5.41) is 3.15. The number of hydrogen-bond acceptors (Lipinski definition) is 2. The summed E-state index contributed by atoms with van der Waals surface area (Å²) in [6.07, 6.45) is 3.86. The second kappa shape index (κ2) is 9.89. The number of alkyl halides is 2. The molecule has 0 aliphatic heterocycles. The van der Waals surface area contributed by atoms with Crippen molar-refractivity contribution in [1.82, 2.24) is 5.32 Å². The zero-order chi connectivity index (χ0) is 24.5. The first-order valence-electron chi connectivity index (χ1n) is 12.6. The molecule has 186 valence electrons. The fourth-order valence-electron chi connectivity index (χ4n) is 7.29. The Bertz CT molecular complexity index is 796. The Morgan fingerprint density at radius 3 is 2.45 bits per heavy atom. The van der Waals surface area contributed by atoms with Crippen LogP contribution in [-0.2, 0) is 5.41 Å². The number of nitrogens with two attached hydrogens (primary N) is 1. The van der Waals surface area contributed by atoms with Crippen molar-refractivity contribution in [2.75, 3.05) is 6.54 Å². The Morgan fingerprint density at radius 2 is 1.85 bits per heavy atom. The molecule has 3 rings (SSSR count). The van der Waals surface area contributed by atoms with Gasteiger partial charge in [0.15, 0.2) is 0 Å². The van der Waals surface area contributed by atoms with Gasteiger partial charge in [-0.3, -0.25) is 0 Å². The number of benzene rings is 1. The minimum Gasteiger partial charge on any atom is -0.382 e. The maximum Gasteiger partial charge on any atom is 0.239 e. The van der Waals surface area contributed by atoms with Gasteiger partial charge in [0.25, 0.3) is 0 Å². The van der Waals surface area contributed by atoms with Gasteiger partial charge in [0.1, 0.15) is 0 Å². The van der Waals surface area contributed by atoms with Crippen LogP contribution in [0.4, 0.5) is 8.78 Å². The second-order valence-corrected chi connectivity index (χ2v) is 12.8. The van der Waals surface area contributed by atoms with Gasteiger partial charge >= 0.3 is 0 Å². The van der Waals surface area contributed by atoms with Crippen LogP contribution >= 0.6 is 12.2 Å². The van der Waals surface area contributed by atoms with Crippen LogP contribution in [0.15, 0.2) is 30.3 Å². The molecule has 2 bridgehead atoms. The van der Waals surface area contributed by atoms with E-state index in [-0.39, 0.29) is 40.0 Å². The van der Waals surface area contributed by atoms with E-state index < -0.39 is 6.43 Å². The Morgan fingerprint density at radius 1 is 1.18 bits per heavy atom. The van der Waals surface area contributed by atoms with Gasteiger partial charge in [0, 0.05) is 19.0 Å². The van der Waals surface area contributed by atoms with Crippen LogP contribution < -0.4 is 11.1 Å². The first-order valence-corrected chi connectivity index (χ1v) is 13.1. The molecule has 2 aliphatic carbocycles. The molecule has 2 nitrogen and oxygen atoms in total. The van der Waals surface area contributed by atoms with E-state index in [4.69, 9.17) is 18.0 Å². The van der Waals surface area contributed by atoms with Crippen LogP contribution in [0.5, 0.6) is 0 Å². The molecule has 0 aromatic heterocycles. The summed E-state index contributed by atoms with van der Waals surface area (Å²) in [5.41, 5.74) is 9.41. The van der Waals surface area contributed by atoms with E-state index in [1.165, 1.54) is 5.56 Å². The summed E-state index contributed by atoms with van der Waals surface area (Å²) >= 11 is 4.93. The maximum atomic E-state index is 13.7. The van der Waals surface area contributed by atoms with Crippen molar-refractivity contribution in [2.45, 2.75) is 97.4 Å².